The Kier molecular flexibility index (Phi) is 6.23. The number of fused-ring (bicyclic) bond motifs is 1. The number of hydrogen-bond donors (Lipinski definition) is 2. The lowest BCUT2D eigenvalue weighted by Crippen LogP contribution is -2.46. The van der Waals surface area contributed by atoms with E-state index in [1.165, 1.54) is 16.0 Å². The third-order valence-corrected chi connectivity index (χ3v) is 6.22. The summed E-state index contributed by atoms with van der Waals surface area (Å²) in [6, 6.07) is 26.3. The van der Waals surface area contributed by atoms with Gasteiger partial charge in [0.15, 0.2) is 6.61 Å². The fraction of sp³-hybridized carbons (Fsp3) is 0.138. The first-order valence-corrected chi connectivity index (χ1v) is 11.6. The van der Waals surface area contributed by atoms with E-state index in [0.717, 1.165) is 33.6 Å². The number of amides is 2. The van der Waals surface area contributed by atoms with Gasteiger partial charge in [0.2, 0.25) is 0 Å². The van der Waals surface area contributed by atoms with Crippen LogP contribution in [0.1, 0.15) is 11.1 Å². The van der Waals surface area contributed by atoms with Crippen LogP contribution in [0.15, 0.2) is 78.9 Å². The number of aromatic nitrogens is 1. The van der Waals surface area contributed by atoms with Crippen molar-refractivity contribution in [2.75, 3.05) is 18.1 Å². The molecule has 5 rings (SSSR count). The van der Waals surface area contributed by atoms with E-state index in [1.54, 1.807) is 6.07 Å². The summed E-state index contributed by atoms with van der Waals surface area (Å²) < 4.78 is 5.61. The smallest absolute Gasteiger partial charge is 0.265 e. The number of hydrazine groups is 1. The predicted octanol–water partition coefficient (Wildman–Crippen LogP) is 4.41. The quantitative estimate of drug-likeness (QED) is 0.252. The van der Waals surface area contributed by atoms with Crippen molar-refractivity contribution >= 4 is 17.5 Å². The minimum atomic E-state index is -0.470. The number of pyridine rings is 1. The molecule has 180 valence electrons. The predicted molar refractivity (Wildman–Crippen MR) is 140 cm³/mol. The second-order valence-electron chi connectivity index (χ2n) is 8.88. The summed E-state index contributed by atoms with van der Waals surface area (Å²) in [6.45, 7) is 3.79. The number of hydrogen-bond acceptors (Lipinski definition) is 5. The first-order valence-electron chi connectivity index (χ1n) is 11.6. The van der Waals surface area contributed by atoms with Crippen molar-refractivity contribution in [1.29, 1.82) is 0 Å². The summed E-state index contributed by atoms with van der Waals surface area (Å²) in [4.78, 5) is 30.9. The topological polar surface area (TPSA) is 97.5 Å². The van der Waals surface area contributed by atoms with Crippen LogP contribution in [0.2, 0.25) is 0 Å². The zero-order chi connectivity index (χ0) is 25.2. The summed E-state index contributed by atoms with van der Waals surface area (Å²) in [7, 11) is 0. The van der Waals surface area contributed by atoms with Crippen molar-refractivity contribution in [3.05, 3.63) is 90.0 Å². The fourth-order valence-corrected chi connectivity index (χ4v) is 4.19. The normalized spacial score (nSPS) is 12.6. The van der Waals surface area contributed by atoms with E-state index in [4.69, 9.17) is 15.6 Å². The Labute approximate surface area is 209 Å². The van der Waals surface area contributed by atoms with E-state index in [2.05, 4.69) is 73.9 Å². The lowest BCUT2D eigenvalue weighted by atomic mass is 9.98. The molecule has 36 heavy (non-hydrogen) atoms. The molecule has 7 nitrogen and oxygen atoms in total. The van der Waals surface area contributed by atoms with Gasteiger partial charge in [-0.2, -0.15) is 0 Å². The van der Waals surface area contributed by atoms with Crippen molar-refractivity contribution in [3.63, 3.8) is 0 Å². The summed E-state index contributed by atoms with van der Waals surface area (Å²) >= 11 is 0. The molecule has 0 aliphatic carbocycles. The summed E-state index contributed by atoms with van der Waals surface area (Å²) in [5, 5.41) is 0. The van der Waals surface area contributed by atoms with Crippen molar-refractivity contribution in [2.24, 2.45) is 5.84 Å². The number of nitrogens with zero attached hydrogens (tertiary/aromatic N) is 2. The second-order valence-corrected chi connectivity index (χ2v) is 8.88. The van der Waals surface area contributed by atoms with Gasteiger partial charge in [0.25, 0.3) is 11.8 Å². The highest BCUT2D eigenvalue weighted by Crippen LogP contribution is 2.37. The van der Waals surface area contributed by atoms with Crippen LogP contribution in [-0.4, -0.2) is 29.9 Å². The van der Waals surface area contributed by atoms with Gasteiger partial charge >= 0.3 is 0 Å². The molecule has 0 fully saturated rings. The number of carbonyl (C=O) groups excluding carboxylic acids is 2. The maximum absolute atomic E-state index is 12.6. The Morgan fingerprint density at radius 3 is 2.08 bits per heavy atom. The van der Waals surface area contributed by atoms with E-state index in [0.29, 0.717) is 11.4 Å². The Hall–Kier alpha value is -4.49. The molecule has 1 aliphatic heterocycles. The highest BCUT2D eigenvalue weighted by atomic mass is 16.5. The molecule has 2 heterocycles. The maximum Gasteiger partial charge on any atom is 0.265 e. The molecule has 0 spiro atoms. The van der Waals surface area contributed by atoms with Crippen molar-refractivity contribution in [2.45, 2.75) is 13.8 Å². The molecule has 0 radical (unpaired) electrons. The molecule has 0 saturated heterocycles. The Morgan fingerprint density at radius 1 is 0.861 bits per heavy atom. The summed E-state index contributed by atoms with van der Waals surface area (Å²) in [6.07, 6.45) is 0. The van der Waals surface area contributed by atoms with Gasteiger partial charge < -0.3 is 4.74 Å². The van der Waals surface area contributed by atoms with Gasteiger partial charge in [0.1, 0.15) is 12.3 Å². The number of carbonyl (C=O) groups is 2. The molecule has 1 aromatic heterocycles. The van der Waals surface area contributed by atoms with Crippen LogP contribution >= 0.6 is 0 Å². The van der Waals surface area contributed by atoms with E-state index >= 15 is 0 Å². The van der Waals surface area contributed by atoms with Crippen molar-refractivity contribution in [1.82, 2.24) is 10.4 Å². The van der Waals surface area contributed by atoms with Gasteiger partial charge in [0.05, 0.1) is 17.1 Å². The SMILES string of the molecule is Cc1ccc(-c2cc(-c3ccc(C)cc3)nc(-c3ccc4c(c3)N(CC(=O)NN)C(=O)CO4)c2)cc1. The highest BCUT2D eigenvalue weighted by Gasteiger charge is 2.28. The van der Waals surface area contributed by atoms with Gasteiger partial charge in [-0.15, -0.1) is 0 Å². The van der Waals surface area contributed by atoms with Crippen LogP contribution in [-0.2, 0) is 9.59 Å². The number of anilines is 1. The molecule has 0 bridgehead atoms. The second kappa shape index (κ2) is 9.64. The molecule has 2 amide bonds. The van der Waals surface area contributed by atoms with Crippen LogP contribution in [0.25, 0.3) is 33.6 Å². The van der Waals surface area contributed by atoms with E-state index in [9.17, 15) is 9.59 Å². The maximum atomic E-state index is 12.6. The number of nitrogens with two attached hydrogens (primary N) is 1. The molecule has 3 N–H and O–H groups in total. The van der Waals surface area contributed by atoms with Crippen LogP contribution in [0.3, 0.4) is 0 Å². The average Bonchev–Trinajstić information content (AvgIpc) is 2.90. The average molecular weight is 479 g/mol. The molecule has 4 aromatic rings. The van der Waals surface area contributed by atoms with Crippen LogP contribution in [0.4, 0.5) is 5.69 Å². The minimum Gasteiger partial charge on any atom is -0.482 e. The van der Waals surface area contributed by atoms with Crippen LogP contribution in [0, 0.1) is 13.8 Å². The number of aryl methyl sites for hydroxylation is 2. The van der Waals surface area contributed by atoms with Crippen molar-refractivity contribution < 1.29 is 14.3 Å². The van der Waals surface area contributed by atoms with Crippen LogP contribution < -0.4 is 20.9 Å². The summed E-state index contributed by atoms with van der Waals surface area (Å²) in [5.41, 5.74) is 10.4. The molecule has 0 atom stereocenters. The molecule has 3 aromatic carbocycles. The standard InChI is InChI=1S/C29H26N4O3/c1-18-3-7-20(8-4-18)23-13-24(21-9-5-19(2)6-10-21)31-25(14-23)22-11-12-27-26(15-22)33(16-28(34)32-30)29(35)17-36-27/h3-15H,16-17,30H2,1-2H3,(H,32,34). The van der Waals surface area contributed by atoms with Gasteiger partial charge in [-0.1, -0.05) is 59.7 Å². The lowest BCUT2D eigenvalue weighted by Gasteiger charge is -2.29. The zero-order valence-electron chi connectivity index (χ0n) is 20.1. The number of nitrogens with one attached hydrogen (secondary N) is 1. The third-order valence-electron chi connectivity index (χ3n) is 6.22. The van der Waals surface area contributed by atoms with Gasteiger partial charge in [-0.05, 0) is 55.3 Å². The van der Waals surface area contributed by atoms with Crippen LogP contribution in [0.5, 0.6) is 5.75 Å². The first-order chi connectivity index (χ1) is 17.4. The Morgan fingerprint density at radius 2 is 1.44 bits per heavy atom. The number of rotatable bonds is 5. The highest BCUT2D eigenvalue weighted by molar-refractivity contribution is 6.02. The lowest BCUT2D eigenvalue weighted by molar-refractivity contribution is -0.125. The molecule has 0 unspecified atom stereocenters. The summed E-state index contributed by atoms with van der Waals surface area (Å²) in [5.74, 6) is 5.00. The molecular formula is C29H26N4O3. The van der Waals surface area contributed by atoms with Gasteiger partial charge in [0, 0.05) is 11.1 Å². The third kappa shape index (κ3) is 4.69. The largest absolute Gasteiger partial charge is 0.482 e. The van der Waals surface area contributed by atoms with Gasteiger partial charge in [-0.3, -0.25) is 19.9 Å². The molecule has 7 heteroatoms. The minimum absolute atomic E-state index is 0.136. The van der Waals surface area contributed by atoms with E-state index in [-0.39, 0.29) is 19.1 Å². The zero-order valence-corrected chi connectivity index (χ0v) is 20.1. The fourth-order valence-electron chi connectivity index (χ4n) is 4.19. The number of benzene rings is 3. The monoisotopic (exact) mass is 478 g/mol. The molecule has 1 aliphatic rings. The molecule has 0 saturated carbocycles. The number of ether oxygens (including phenoxy) is 1. The molecular weight excluding hydrogens is 452 g/mol. The van der Waals surface area contributed by atoms with Gasteiger partial charge in [-0.25, -0.2) is 10.8 Å². The first kappa shape index (κ1) is 23.3. The van der Waals surface area contributed by atoms with E-state index in [1.807, 2.05) is 18.2 Å². The van der Waals surface area contributed by atoms with Crippen molar-refractivity contribution in [3.8, 4) is 39.4 Å². The Balaban J connectivity index is 1.64. The Bertz CT molecular complexity index is 1380. The van der Waals surface area contributed by atoms with E-state index < -0.39 is 5.91 Å².